The first kappa shape index (κ1) is 15.8. The van der Waals surface area contributed by atoms with Crippen LogP contribution in [0.15, 0.2) is 24.3 Å². The zero-order valence-corrected chi connectivity index (χ0v) is 13.8. The molecule has 0 unspecified atom stereocenters. The number of halogens is 1. The predicted molar refractivity (Wildman–Crippen MR) is 85.0 cm³/mol. The lowest BCUT2D eigenvalue weighted by molar-refractivity contribution is -0.178. The number of carbonyl (C=O) groups excluding carboxylic acids is 1. The summed E-state index contributed by atoms with van der Waals surface area (Å²) in [5.41, 5.74) is 0.520. The maximum Gasteiger partial charge on any atom is 0.227 e. The molecule has 120 valence electrons. The summed E-state index contributed by atoms with van der Waals surface area (Å²) in [7, 11) is 0. The highest BCUT2D eigenvalue weighted by Crippen LogP contribution is 2.35. The maximum atomic E-state index is 12.7. The highest BCUT2D eigenvalue weighted by atomic mass is 35.5. The van der Waals surface area contributed by atoms with Crippen LogP contribution in [-0.2, 0) is 20.7 Å². The summed E-state index contributed by atoms with van der Waals surface area (Å²) in [5.74, 6) is 0.0988. The van der Waals surface area contributed by atoms with Crippen LogP contribution in [0.3, 0.4) is 0 Å². The van der Waals surface area contributed by atoms with Gasteiger partial charge in [-0.1, -0.05) is 29.8 Å². The van der Waals surface area contributed by atoms with Gasteiger partial charge in [-0.15, -0.1) is 0 Å². The maximum absolute atomic E-state index is 12.7. The second-order valence-corrected chi connectivity index (χ2v) is 6.71. The van der Waals surface area contributed by atoms with E-state index in [1.54, 1.807) is 0 Å². The summed E-state index contributed by atoms with van der Waals surface area (Å²) in [6.07, 6.45) is 1.21. The number of ether oxygens (including phenoxy) is 2. The van der Waals surface area contributed by atoms with Crippen LogP contribution >= 0.6 is 11.6 Å². The van der Waals surface area contributed by atoms with Crippen LogP contribution in [0.5, 0.6) is 0 Å². The summed E-state index contributed by atoms with van der Waals surface area (Å²) >= 11 is 6.16. The Morgan fingerprint density at radius 1 is 1.41 bits per heavy atom. The topological polar surface area (TPSA) is 38.8 Å². The normalized spacial score (nSPS) is 31.7. The first-order valence-electron chi connectivity index (χ1n) is 7.81. The first-order valence-corrected chi connectivity index (χ1v) is 8.18. The monoisotopic (exact) mass is 323 g/mol. The summed E-state index contributed by atoms with van der Waals surface area (Å²) in [5, 5.41) is 0.643. The van der Waals surface area contributed by atoms with Crippen molar-refractivity contribution in [3.63, 3.8) is 0 Å². The van der Waals surface area contributed by atoms with Crippen molar-refractivity contribution in [1.29, 1.82) is 0 Å². The zero-order valence-electron chi connectivity index (χ0n) is 13.0. The number of benzene rings is 1. The Morgan fingerprint density at radius 3 is 2.86 bits per heavy atom. The molecule has 1 spiro atoms. The molecule has 1 amide bonds. The molecule has 1 aromatic rings. The molecule has 2 aliphatic rings. The van der Waals surface area contributed by atoms with Crippen molar-refractivity contribution in [3.8, 4) is 0 Å². The summed E-state index contributed by atoms with van der Waals surface area (Å²) < 4.78 is 11.8. The Balaban J connectivity index is 1.73. The van der Waals surface area contributed by atoms with Crippen LogP contribution in [0, 0.1) is 0 Å². The molecule has 0 aromatic heterocycles. The number of hydrogen-bond donors (Lipinski definition) is 0. The van der Waals surface area contributed by atoms with Gasteiger partial charge in [0.1, 0.15) is 5.60 Å². The number of carbonyl (C=O) groups is 1. The summed E-state index contributed by atoms with van der Waals surface area (Å²) in [6, 6.07) is 7.51. The van der Waals surface area contributed by atoms with E-state index in [2.05, 4.69) is 0 Å². The van der Waals surface area contributed by atoms with Crippen LogP contribution in [-0.4, -0.2) is 48.3 Å². The van der Waals surface area contributed by atoms with Gasteiger partial charge < -0.3 is 14.4 Å². The molecule has 3 rings (SSSR count). The molecule has 1 aromatic carbocycles. The molecule has 0 radical (unpaired) electrons. The lowest BCUT2D eigenvalue weighted by atomic mass is 9.92. The molecule has 2 saturated heterocycles. The fraction of sp³-hybridized carbons (Fsp3) is 0.588. The van der Waals surface area contributed by atoms with Crippen molar-refractivity contribution in [2.24, 2.45) is 0 Å². The molecule has 4 nitrogen and oxygen atoms in total. The van der Waals surface area contributed by atoms with Crippen LogP contribution in [0.25, 0.3) is 0 Å². The van der Waals surface area contributed by atoms with E-state index in [-0.39, 0.29) is 23.7 Å². The van der Waals surface area contributed by atoms with E-state index in [1.807, 2.05) is 43.0 Å². The van der Waals surface area contributed by atoms with Crippen molar-refractivity contribution in [2.75, 3.05) is 19.7 Å². The van der Waals surface area contributed by atoms with Crippen molar-refractivity contribution in [1.82, 2.24) is 4.90 Å². The SMILES string of the molecule is C[C@@H]1CN(C(=O)Cc2ccccc2Cl)C[C@@]2(CCO[C@@H]2C)O1. The van der Waals surface area contributed by atoms with Crippen LogP contribution < -0.4 is 0 Å². The van der Waals surface area contributed by atoms with Gasteiger partial charge >= 0.3 is 0 Å². The third kappa shape index (κ3) is 3.00. The smallest absolute Gasteiger partial charge is 0.227 e. The first-order chi connectivity index (χ1) is 10.5. The highest BCUT2D eigenvalue weighted by molar-refractivity contribution is 6.31. The predicted octanol–water partition coefficient (Wildman–Crippen LogP) is 2.68. The molecule has 2 aliphatic heterocycles. The molecule has 0 bridgehead atoms. The Kier molecular flexibility index (Phi) is 4.44. The molecule has 0 saturated carbocycles. The highest BCUT2D eigenvalue weighted by Gasteiger charge is 2.48. The van der Waals surface area contributed by atoms with Gasteiger partial charge in [0.15, 0.2) is 0 Å². The Morgan fingerprint density at radius 2 is 2.18 bits per heavy atom. The van der Waals surface area contributed by atoms with Gasteiger partial charge in [-0.3, -0.25) is 4.79 Å². The molecule has 22 heavy (non-hydrogen) atoms. The van der Waals surface area contributed by atoms with Gasteiger partial charge in [-0.05, 0) is 25.5 Å². The number of nitrogens with zero attached hydrogens (tertiary/aromatic N) is 1. The van der Waals surface area contributed by atoms with Crippen molar-refractivity contribution < 1.29 is 14.3 Å². The second-order valence-electron chi connectivity index (χ2n) is 6.30. The van der Waals surface area contributed by atoms with Gasteiger partial charge in [0, 0.05) is 24.6 Å². The molecule has 0 aliphatic carbocycles. The van der Waals surface area contributed by atoms with Crippen LogP contribution in [0.4, 0.5) is 0 Å². The Bertz CT molecular complexity index is 565. The minimum Gasteiger partial charge on any atom is -0.375 e. The average Bonchev–Trinajstić information content (AvgIpc) is 2.81. The number of morpholine rings is 1. The zero-order chi connectivity index (χ0) is 15.7. The minimum absolute atomic E-state index is 0.0193. The molecule has 0 N–H and O–H groups in total. The molecule has 2 fully saturated rings. The van der Waals surface area contributed by atoms with Gasteiger partial charge in [0.05, 0.1) is 25.2 Å². The van der Waals surface area contributed by atoms with E-state index in [9.17, 15) is 4.79 Å². The molecular weight excluding hydrogens is 302 g/mol. The van der Waals surface area contributed by atoms with Gasteiger partial charge in [0.2, 0.25) is 5.91 Å². The number of rotatable bonds is 2. The molecule has 2 heterocycles. The van der Waals surface area contributed by atoms with E-state index < -0.39 is 0 Å². The van der Waals surface area contributed by atoms with Crippen molar-refractivity contribution in [2.45, 2.75) is 44.5 Å². The molecule has 5 heteroatoms. The third-order valence-corrected chi connectivity index (χ3v) is 5.03. The summed E-state index contributed by atoms with van der Waals surface area (Å²) in [6.45, 7) is 5.96. The number of hydrogen-bond acceptors (Lipinski definition) is 3. The lowest BCUT2D eigenvalue weighted by Crippen LogP contribution is -2.59. The van der Waals surface area contributed by atoms with E-state index in [0.717, 1.165) is 12.0 Å². The van der Waals surface area contributed by atoms with Gasteiger partial charge in [-0.2, -0.15) is 0 Å². The largest absolute Gasteiger partial charge is 0.375 e. The fourth-order valence-corrected chi connectivity index (χ4v) is 3.61. The minimum atomic E-state index is -0.353. The van der Waals surface area contributed by atoms with Crippen molar-refractivity contribution >= 4 is 17.5 Å². The average molecular weight is 324 g/mol. The van der Waals surface area contributed by atoms with E-state index in [0.29, 0.717) is 31.1 Å². The van der Waals surface area contributed by atoms with Gasteiger partial charge in [0.25, 0.3) is 0 Å². The Hall–Kier alpha value is -1.10. The van der Waals surface area contributed by atoms with E-state index >= 15 is 0 Å². The second kappa shape index (κ2) is 6.19. The van der Waals surface area contributed by atoms with E-state index in [1.165, 1.54) is 0 Å². The van der Waals surface area contributed by atoms with Crippen LogP contribution in [0.1, 0.15) is 25.8 Å². The Labute approximate surface area is 136 Å². The lowest BCUT2D eigenvalue weighted by Gasteiger charge is -2.45. The van der Waals surface area contributed by atoms with Crippen molar-refractivity contribution in [3.05, 3.63) is 34.9 Å². The van der Waals surface area contributed by atoms with Crippen LogP contribution in [0.2, 0.25) is 5.02 Å². The summed E-state index contributed by atoms with van der Waals surface area (Å²) in [4.78, 5) is 14.6. The molecular formula is C17H22ClNO3. The standard InChI is InChI=1S/C17H22ClNO3/c1-12-10-19(11-17(22-12)7-8-21-13(17)2)16(20)9-14-5-3-4-6-15(14)18/h3-6,12-13H,7-11H2,1-2H3/t12-,13-,17-/m1/s1. The van der Waals surface area contributed by atoms with E-state index in [4.69, 9.17) is 21.1 Å². The number of amides is 1. The fourth-order valence-electron chi connectivity index (χ4n) is 3.41. The molecule has 3 atom stereocenters. The van der Waals surface area contributed by atoms with Gasteiger partial charge in [-0.25, -0.2) is 0 Å². The third-order valence-electron chi connectivity index (χ3n) is 4.66. The quantitative estimate of drug-likeness (QED) is 0.840.